The van der Waals surface area contributed by atoms with Gasteiger partial charge in [0.15, 0.2) is 12.0 Å². The molecule has 2 fully saturated rings. The van der Waals surface area contributed by atoms with Crippen LogP contribution in [0.4, 0.5) is 16.3 Å². The maximum Gasteiger partial charge on any atom is 0.417 e. The number of ether oxygens (including phenoxy) is 2. The Morgan fingerprint density at radius 1 is 1.07 bits per heavy atom. The molecule has 4 aromatic rings. The number of H-pyrrole nitrogens is 1. The van der Waals surface area contributed by atoms with Crippen molar-refractivity contribution >= 4 is 29.4 Å². The Labute approximate surface area is 238 Å². The van der Waals surface area contributed by atoms with Crippen LogP contribution in [-0.2, 0) is 9.48 Å². The maximum absolute atomic E-state index is 12.4. The third-order valence-electron chi connectivity index (χ3n) is 7.33. The van der Waals surface area contributed by atoms with Gasteiger partial charge in [-0.1, -0.05) is 18.2 Å². The van der Waals surface area contributed by atoms with Crippen LogP contribution in [0.15, 0.2) is 90.1 Å². The van der Waals surface area contributed by atoms with Crippen LogP contribution in [0.2, 0.25) is 0 Å². The summed E-state index contributed by atoms with van der Waals surface area (Å²) in [5, 5.41) is 3.91. The largest absolute Gasteiger partial charge is 0.417 e. The van der Waals surface area contributed by atoms with Gasteiger partial charge in [-0.3, -0.25) is 5.32 Å². The molecule has 9 heteroatoms. The van der Waals surface area contributed by atoms with Crippen molar-refractivity contribution in [1.29, 1.82) is 0 Å². The second-order valence-electron chi connectivity index (χ2n) is 10.1. The molecule has 3 heterocycles. The van der Waals surface area contributed by atoms with Crippen molar-refractivity contribution < 1.29 is 19.3 Å². The first kappa shape index (κ1) is 26.3. The molecule has 1 saturated heterocycles. The Morgan fingerprint density at radius 2 is 1.88 bits per heavy atom. The minimum atomic E-state index is -0.539. The van der Waals surface area contributed by atoms with Gasteiger partial charge in [-0.2, -0.15) is 0 Å². The molecular weight excluding hydrogens is 522 g/mol. The first-order valence-corrected chi connectivity index (χ1v) is 14.4. The summed E-state index contributed by atoms with van der Waals surface area (Å²) in [4.78, 5) is 28.2. The number of carbonyl (C=O) groups is 1. The molecule has 1 amide bonds. The van der Waals surface area contributed by atoms with Crippen molar-refractivity contribution in [1.82, 2.24) is 9.97 Å². The van der Waals surface area contributed by atoms with Gasteiger partial charge in [0.25, 0.3) is 0 Å². The Kier molecular flexibility index (Phi) is 7.66. The van der Waals surface area contributed by atoms with Gasteiger partial charge in [-0.05, 0) is 80.4 Å². The predicted octanol–water partition coefficient (Wildman–Crippen LogP) is 5.97. The lowest BCUT2D eigenvalue weighted by Crippen LogP contribution is -2.44. The summed E-state index contributed by atoms with van der Waals surface area (Å²) in [5.41, 5.74) is 2.57. The number of morpholine rings is 1. The van der Waals surface area contributed by atoms with Crippen molar-refractivity contribution in [2.75, 3.05) is 30.0 Å². The number of thioether (sulfide) groups is 1. The molecule has 6 rings (SSSR count). The van der Waals surface area contributed by atoms with Crippen molar-refractivity contribution in [3.8, 4) is 17.1 Å². The average molecular weight is 555 g/mol. The highest BCUT2D eigenvalue weighted by Crippen LogP contribution is 2.54. The number of carbonyl (C=O) groups excluding carboxylic acids is 1. The van der Waals surface area contributed by atoms with Gasteiger partial charge in [-0.25, -0.2) is 19.7 Å². The number of para-hydroxylation sites is 1. The Balaban J connectivity index is 1.29. The van der Waals surface area contributed by atoms with Gasteiger partial charge in [0.1, 0.15) is 11.6 Å². The van der Waals surface area contributed by atoms with E-state index in [4.69, 9.17) is 19.4 Å². The number of hydrogen-bond acceptors (Lipinski definition) is 7. The molecule has 2 aliphatic rings. The third kappa shape index (κ3) is 5.80. The SMILES string of the molecule is C[C@H]1COCCN1c1cc(C2(Sc3cccc[nH+]3)CCC2)nc(-c2ccc(NC(=O)Oc3ccccc3)cc2)n1. The Bertz CT molecular complexity index is 1450. The minimum absolute atomic E-state index is 0.109. The molecule has 1 aliphatic carbocycles. The highest BCUT2D eigenvalue weighted by molar-refractivity contribution is 8.00. The van der Waals surface area contributed by atoms with E-state index < -0.39 is 6.09 Å². The zero-order chi connectivity index (χ0) is 27.4. The fourth-order valence-corrected chi connectivity index (χ4v) is 6.41. The van der Waals surface area contributed by atoms with Crippen molar-refractivity contribution in [3.63, 3.8) is 0 Å². The van der Waals surface area contributed by atoms with Crippen LogP contribution in [0.1, 0.15) is 31.9 Å². The number of benzene rings is 2. The second-order valence-corrected chi connectivity index (χ2v) is 11.6. The zero-order valence-corrected chi connectivity index (χ0v) is 23.2. The van der Waals surface area contributed by atoms with Crippen LogP contribution in [-0.4, -0.2) is 41.9 Å². The smallest absolute Gasteiger partial charge is 0.410 e. The molecule has 40 heavy (non-hydrogen) atoms. The van der Waals surface area contributed by atoms with Gasteiger partial charge < -0.3 is 14.4 Å². The van der Waals surface area contributed by atoms with Gasteiger partial charge >= 0.3 is 6.09 Å². The summed E-state index contributed by atoms with van der Waals surface area (Å²) in [7, 11) is 0. The normalized spacial score (nSPS) is 18.0. The molecule has 0 radical (unpaired) electrons. The monoisotopic (exact) mass is 554 g/mol. The van der Waals surface area contributed by atoms with Crippen LogP contribution in [0.3, 0.4) is 0 Å². The van der Waals surface area contributed by atoms with Gasteiger partial charge in [0.2, 0.25) is 5.03 Å². The molecule has 0 unspecified atom stereocenters. The first-order valence-electron chi connectivity index (χ1n) is 13.6. The van der Waals surface area contributed by atoms with Crippen molar-refractivity contribution in [2.24, 2.45) is 0 Å². The minimum Gasteiger partial charge on any atom is -0.410 e. The molecule has 8 nitrogen and oxygen atoms in total. The molecule has 2 N–H and O–H groups in total. The number of aromatic amines is 1. The standard InChI is InChI=1S/C31H31N5O3S/c1-22-21-38-19-18-36(22)27-20-26(31(15-7-16-31)40-28-10-5-6-17-32-28)34-29(35-27)23-11-13-24(14-12-23)33-30(37)39-25-8-3-2-4-9-25/h2-6,8-14,17,20,22H,7,15-16,18-19,21H2,1H3,(H,33,37)/p+1/t22-/m0/s1. The Hall–Kier alpha value is -3.95. The number of pyridine rings is 1. The van der Waals surface area contributed by atoms with Crippen LogP contribution < -0.4 is 19.9 Å². The van der Waals surface area contributed by atoms with Crippen LogP contribution in [0.5, 0.6) is 5.75 Å². The number of aromatic nitrogens is 3. The number of amides is 1. The van der Waals surface area contributed by atoms with E-state index in [9.17, 15) is 4.79 Å². The number of nitrogens with one attached hydrogen (secondary N) is 2. The molecular formula is C31H32N5O3S+. The maximum atomic E-state index is 12.4. The number of nitrogens with zero attached hydrogens (tertiary/aromatic N) is 3. The van der Waals surface area contributed by atoms with Crippen molar-refractivity contribution in [3.05, 3.63) is 90.8 Å². The van der Waals surface area contributed by atoms with E-state index in [0.29, 0.717) is 30.5 Å². The lowest BCUT2D eigenvalue weighted by molar-refractivity contribution is -0.426. The van der Waals surface area contributed by atoms with E-state index in [1.54, 1.807) is 12.1 Å². The van der Waals surface area contributed by atoms with E-state index in [0.717, 1.165) is 41.5 Å². The van der Waals surface area contributed by atoms with Crippen molar-refractivity contribution in [2.45, 2.75) is 42.0 Å². The highest BCUT2D eigenvalue weighted by Gasteiger charge is 2.43. The summed E-state index contributed by atoms with van der Waals surface area (Å²) in [6.45, 7) is 4.31. The number of rotatable bonds is 7. The lowest BCUT2D eigenvalue weighted by atomic mass is 9.81. The summed E-state index contributed by atoms with van der Waals surface area (Å²) in [6.07, 6.45) is 4.71. The van der Waals surface area contributed by atoms with E-state index in [1.807, 2.05) is 66.5 Å². The first-order chi connectivity index (χ1) is 19.6. The molecule has 1 saturated carbocycles. The highest BCUT2D eigenvalue weighted by atomic mass is 32.2. The Morgan fingerprint density at radius 3 is 2.58 bits per heavy atom. The second kappa shape index (κ2) is 11.7. The molecule has 204 valence electrons. The fraction of sp³-hybridized carbons (Fsp3) is 0.290. The van der Waals surface area contributed by atoms with Gasteiger partial charge in [0, 0.05) is 36.0 Å². The number of hydrogen-bond donors (Lipinski definition) is 1. The summed E-state index contributed by atoms with van der Waals surface area (Å²) in [5.74, 6) is 2.09. The average Bonchev–Trinajstić information content (AvgIpc) is 2.96. The van der Waals surface area contributed by atoms with E-state index in [-0.39, 0.29) is 10.8 Å². The van der Waals surface area contributed by atoms with Crippen LogP contribution >= 0.6 is 11.8 Å². The van der Waals surface area contributed by atoms with Gasteiger partial charge in [-0.15, -0.1) is 0 Å². The van der Waals surface area contributed by atoms with Gasteiger partial charge in [0.05, 0.1) is 29.7 Å². The quantitative estimate of drug-likeness (QED) is 0.301. The third-order valence-corrected chi connectivity index (χ3v) is 8.81. The molecule has 2 aromatic heterocycles. The number of anilines is 2. The molecule has 1 atom stereocenters. The summed E-state index contributed by atoms with van der Waals surface area (Å²) >= 11 is 1.85. The predicted molar refractivity (Wildman–Crippen MR) is 156 cm³/mol. The molecule has 2 aromatic carbocycles. The van der Waals surface area contributed by atoms with E-state index >= 15 is 0 Å². The fourth-order valence-electron chi connectivity index (χ4n) is 5.01. The molecule has 1 aliphatic heterocycles. The zero-order valence-electron chi connectivity index (χ0n) is 22.4. The lowest BCUT2D eigenvalue weighted by Gasteiger charge is -2.40. The van der Waals surface area contributed by atoms with Crippen LogP contribution in [0.25, 0.3) is 11.4 Å². The summed E-state index contributed by atoms with van der Waals surface area (Å²) in [6, 6.07) is 25.1. The van der Waals surface area contributed by atoms with E-state index in [2.05, 4.69) is 40.3 Å². The van der Waals surface area contributed by atoms with Crippen LogP contribution in [0, 0.1) is 0 Å². The topological polar surface area (TPSA) is 90.7 Å². The van der Waals surface area contributed by atoms with E-state index in [1.165, 1.54) is 6.42 Å². The summed E-state index contributed by atoms with van der Waals surface area (Å²) < 4.78 is 10.9. The molecule has 0 bridgehead atoms. The molecule has 0 spiro atoms.